The molecule has 0 saturated heterocycles. The summed E-state index contributed by atoms with van der Waals surface area (Å²) in [4.78, 5) is 17.2. The number of nitrogens with one attached hydrogen (secondary N) is 2. The van der Waals surface area contributed by atoms with Crippen LogP contribution in [0.4, 0.5) is 5.69 Å². The average Bonchev–Trinajstić information content (AvgIpc) is 2.99. The minimum absolute atomic E-state index is 0.179. The van der Waals surface area contributed by atoms with Gasteiger partial charge in [-0.2, -0.15) is 5.10 Å². The van der Waals surface area contributed by atoms with Crippen molar-refractivity contribution in [1.29, 1.82) is 0 Å². The highest BCUT2D eigenvalue weighted by molar-refractivity contribution is 6.33. The molecule has 128 valence electrons. The number of nitrogens with zero attached hydrogens (tertiary/aromatic N) is 2. The number of hydrazone groups is 1. The Balaban J connectivity index is 1.63. The van der Waals surface area contributed by atoms with Gasteiger partial charge in [0.05, 0.1) is 17.7 Å². The van der Waals surface area contributed by atoms with Gasteiger partial charge in [0.1, 0.15) is 0 Å². The summed E-state index contributed by atoms with van der Waals surface area (Å²) in [5.74, 6) is -0.179. The molecule has 25 heavy (non-hydrogen) atoms. The average molecular weight is 355 g/mol. The first-order valence-corrected chi connectivity index (χ1v) is 8.26. The summed E-state index contributed by atoms with van der Waals surface area (Å²) in [6.45, 7) is 0. The molecule has 3 rings (SSSR count). The normalized spacial score (nSPS) is 11.2. The van der Waals surface area contributed by atoms with Crippen LogP contribution in [0.1, 0.15) is 11.1 Å². The maximum atomic E-state index is 12.1. The third-order valence-electron chi connectivity index (χ3n) is 3.92. The molecule has 0 spiro atoms. The molecule has 1 aromatic heterocycles. The van der Waals surface area contributed by atoms with Crippen molar-refractivity contribution < 1.29 is 4.79 Å². The number of rotatable bonds is 5. The summed E-state index contributed by atoms with van der Waals surface area (Å²) in [7, 11) is 3.90. The Morgan fingerprint density at radius 2 is 2.08 bits per heavy atom. The molecule has 0 saturated carbocycles. The van der Waals surface area contributed by atoms with Gasteiger partial charge in [-0.15, -0.1) is 0 Å². The second kappa shape index (κ2) is 7.40. The lowest BCUT2D eigenvalue weighted by Crippen LogP contribution is -2.19. The third kappa shape index (κ3) is 4.00. The summed E-state index contributed by atoms with van der Waals surface area (Å²) in [5, 5.41) is 5.63. The minimum atomic E-state index is -0.179. The number of aromatic nitrogens is 1. The quantitative estimate of drug-likeness (QED) is 0.543. The van der Waals surface area contributed by atoms with Crippen LogP contribution in [-0.4, -0.2) is 31.2 Å². The summed E-state index contributed by atoms with van der Waals surface area (Å²) < 4.78 is 0. The van der Waals surface area contributed by atoms with Crippen molar-refractivity contribution in [2.24, 2.45) is 5.10 Å². The number of H-pyrrole nitrogens is 1. The van der Waals surface area contributed by atoms with E-state index in [1.54, 1.807) is 6.21 Å². The monoisotopic (exact) mass is 354 g/mol. The van der Waals surface area contributed by atoms with Crippen LogP contribution in [-0.2, 0) is 11.2 Å². The first-order valence-electron chi connectivity index (χ1n) is 7.88. The van der Waals surface area contributed by atoms with Gasteiger partial charge in [0.15, 0.2) is 0 Å². The largest absolute Gasteiger partial charge is 0.378 e. The fraction of sp³-hybridized carbons (Fsp3) is 0.158. The molecule has 0 fully saturated rings. The number of para-hydroxylation sites is 1. The van der Waals surface area contributed by atoms with Crippen LogP contribution >= 0.6 is 11.6 Å². The van der Waals surface area contributed by atoms with Gasteiger partial charge >= 0.3 is 0 Å². The van der Waals surface area contributed by atoms with Crippen LogP contribution < -0.4 is 10.3 Å². The summed E-state index contributed by atoms with van der Waals surface area (Å²) in [6.07, 6.45) is 3.66. The maximum Gasteiger partial charge on any atom is 0.244 e. The van der Waals surface area contributed by atoms with E-state index in [4.69, 9.17) is 11.6 Å². The second-order valence-corrected chi connectivity index (χ2v) is 6.34. The van der Waals surface area contributed by atoms with Crippen LogP contribution in [0.15, 0.2) is 53.8 Å². The predicted octanol–water partition coefficient (Wildman–Crippen LogP) is 3.58. The van der Waals surface area contributed by atoms with E-state index in [9.17, 15) is 4.79 Å². The molecule has 2 aromatic carbocycles. The third-order valence-corrected chi connectivity index (χ3v) is 4.25. The Morgan fingerprint density at radius 1 is 1.28 bits per heavy atom. The van der Waals surface area contributed by atoms with Crippen molar-refractivity contribution in [3.05, 3.63) is 64.8 Å². The van der Waals surface area contributed by atoms with Gasteiger partial charge in [-0.1, -0.05) is 29.8 Å². The number of fused-ring (bicyclic) bond motifs is 1. The molecular weight excluding hydrogens is 336 g/mol. The summed E-state index contributed by atoms with van der Waals surface area (Å²) >= 11 is 6.23. The molecule has 0 radical (unpaired) electrons. The zero-order chi connectivity index (χ0) is 17.8. The van der Waals surface area contributed by atoms with Crippen LogP contribution in [0.5, 0.6) is 0 Å². The summed E-state index contributed by atoms with van der Waals surface area (Å²) in [5.41, 5.74) is 6.26. The van der Waals surface area contributed by atoms with Crippen molar-refractivity contribution in [1.82, 2.24) is 10.4 Å². The van der Waals surface area contributed by atoms with Gasteiger partial charge in [0, 0.05) is 42.4 Å². The van der Waals surface area contributed by atoms with Gasteiger partial charge in [-0.05, 0) is 29.8 Å². The molecule has 0 unspecified atom stereocenters. The van der Waals surface area contributed by atoms with E-state index in [1.165, 1.54) is 0 Å². The van der Waals surface area contributed by atoms with E-state index in [1.807, 2.05) is 67.7 Å². The van der Waals surface area contributed by atoms with Gasteiger partial charge in [0.25, 0.3) is 0 Å². The molecular formula is C19H19ClN4O. The smallest absolute Gasteiger partial charge is 0.244 e. The van der Waals surface area contributed by atoms with Crippen molar-refractivity contribution in [2.45, 2.75) is 6.42 Å². The Kier molecular flexibility index (Phi) is 5.05. The Hall–Kier alpha value is -2.79. The molecule has 0 aliphatic carbocycles. The van der Waals surface area contributed by atoms with E-state index >= 15 is 0 Å². The zero-order valence-corrected chi connectivity index (χ0v) is 14.8. The molecule has 0 aliphatic heterocycles. The SMILES string of the molecule is CN(C)c1ccc(/C=N\NC(=O)Cc2c[nH]c3ccccc23)c(Cl)c1. The van der Waals surface area contributed by atoms with Crippen LogP contribution in [0.2, 0.25) is 5.02 Å². The predicted molar refractivity (Wildman–Crippen MR) is 104 cm³/mol. The van der Waals surface area contributed by atoms with Gasteiger partial charge < -0.3 is 9.88 Å². The fourth-order valence-corrected chi connectivity index (χ4v) is 2.79. The molecule has 0 aliphatic rings. The second-order valence-electron chi connectivity index (χ2n) is 5.93. The molecule has 3 aromatic rings. The lowest BCUT2D eigenvalue weighted by molar-refractivity contribution is -0.120. The highest BCUT2D eigenvalue weighted by atomic mass is 35.5. The van der Waals surface area contributed by atoms with E-state index < -0.39 is 0 Å². The fourth-order valence-electron chi connectivity index (χ4n) is 2.56. The summed E-state index contributed by atoms with van der Waals surface area (Å²) in [6, 6.07) is 13.6. The van der Waals surface area contributed by atoms with Crippen LogP contribution in [0.3, 0.4) is 0 Å². The molecule has 1 amide bonds. The maximum absolute atomic E-state index is 12.1. The Bertz CT molecular complexity index is 930. The number of carbonyl (C=O) groups is 1. The standard InChI is InChI=1S/C19H19ClN4O/c1-24(2)15-8-7-13(17(20)10-15)12-22-23-19(25)9-14-11-21-18-6-4-3-5-16(14)18/h3-8,10-12,21H,9H2,1-2H3,(H,23,25)/b22-12-. The van der Waals surface area contributed by atoms with Crippen molar-refractivity contribution in [3.63, 3.8) is 0 Å². The zero-order valence-electron chi connectivity index (χ0n) is 14.1. The first kappa shape index (κ1) is 17.0. The molecule has 0 atom stereocenters. The molecule has 2 N–H and O–H groups in total. The molecule has 6 heteroatoms. The Morgan fingerprint density at radius 3 is 2.84 bits per heavy atom. The van der Waals surface area contributed by atoms with Gasteiger partial charge in [-0.3, -0.25) is 4.79 Å². The highest BCUT2D eigenvalue weighted by Crippen LogP contribution is 2.21. The van der Waals surface area contributed by atoms with Crippen LogP contribution in [0, 0.1) is 0 Å². The molecule has 1 heterocycles. The number of hydrogen-bond donors (Lipinski definition) is 2. The minimum Gasteiger partial charge on any atom is -0.378 e. The number of halogens is 1. The van der Waals surface area contributed by atoms with Crippen molar-refractivity contribution in [2.75, 3.05) is 19.0 Å². The van der Waals surface area contributed by atoms with Gasteiger partial charge in [-0.25, -0.2) is 5.43 Å². The van der Waals surface area contributed by atoms with Crippen molar-refractivity contribution in [3.8, 4) is 0 Å². The van der Waals surface area contributed by atoms with E-state index in [0.717, 1.165) is 27.7 Å². The van der Waals surface area contributed by atoms with E-state index in [2.05, 4.69) is 15.5 Å². The number of amides is 1. The Labute approximate surface area is 151 Å². The van der Waals surface area contributed by atoms with E-state index in [-0.39, 0.29) is 12.3 Å². The number of anilines is 1. The highest BCUT2D eigenvalue weighted by Gasteiger charge is 2.08. The topological polar surface area (TPSA) is 60.5 Å². The number of benzene rings is 2. The van der Waals surface area contributed by atoms with Gasteiger partial charge in [0.2, 0.25) is 5.91 Å². The number of hydrogen-bond acceptors (Lipinski definition) is 3. The lowest BCUT2D eigenvalue weighted by atomic mass is 10.1. The lowest BCUT2D eigenvalue weighted by Gasteiger charge is -2.13. The van der Waals surface area contributed by atoms with Crippen LogP contribution in [0.25, 0.3) is 10.9 Å². The van der Waals surface area contributed by atoms with E-state index in [0.29, 0.717) is 5.02 Å². The first-order chi connectivity index (χ1) is 12.0. The number of aromatic amines is 1. The molecule has 0 bridgehead atoms. The van der Waals surface area contributed by atoms with Crippen molar-refractivity contribution >= 4 is 40.3 Å². The molecule has 5 nitrogen and oxygen atoms in total. The number of carbonyl (C=O) groups excluding carboxylic acids is 1.